The lowest BCUT2D eigenvalue weighted by atomic mass is 10.1. The minimum absolute atomic E-state index is 0.164. The van der Waals surface area contributed by atoms with Gasteiger partial charge in [-0.2, -0.15) is 0 Å². The van der Waals surface area contributed by atoms with Crippen LogP contribution in [0.1, 0.15) is 23.9 Å². The fourth-order valence-electron chi connectivity index (χ4n) is 3.83. The summed E-state index contributed by atoms with van der Waals surface area (Å²) in [7, 11) is 0. The van der Waals surface area contributed by atoms with Gasteiger partial charge in [0.15, 0.2) is 0 Å². The normalized spacial score (nSPS) is 15.2. The second kappa shape index (κ2) is 8.74. The molecule has 0 spiro atoms. The van der Waals surface area contributed by atoms with Crippen LogP contribution < -0.4 is 15.0 Å². The van der Waals surface area contributed by atoms with Crippen LogP contribution in [-0.2, 0) is 9.59 Å². The predicted molar refractivity (Wildman–Crippen MR) is 122 cm³/mol. The molecule has 1 aromatic heterocycles. The molecule has 1 fully saturated rings. The lowest BCUT2D eigenvalue weighted by Crippen LogP contribution is -2.54. The molecule has 0 saturated carbocycles. The molecule has 1 aliphatic rings. The van der Waals surface area contributed by atoms with Gasteiger partial charge in [-0.3, -0.25) is 14.9 Å². The molecule has 2 heterocycles. The molecule has 3 aromatic rings. The standard InChI is InChI=1S/C25H22FN3O4/c1-4-33-21-11-9-19(10-12-21)28-15(2)13-17(16(28)3)14-22-23(30)27-25(32)29(24(22)31)20-7-5-18(26)6-8-20/h5-14H,4H2,1-3H3,(H,27,30,32)/b22-14+. The average molecular weight is 447 g/mol. The van der Waals surface area contributed by atoms with Crippen molar-refractivity contribution in [2.75, 3.05) is 11.5 Å². The number of anilines is 1. The number of benzene rings is 2. The molecular formula is C25H22FN3O4. The molecule has 1 N–H and O–H groups in total. The van der Waals surface area contributed by atoms with Crippen molar-refractivity contribution in [2.45, 2.75) is 20.8 Å². The summed E-state index contributed by atoms with van der Waals surface area (Å²) in [6.45, 7) is 6.29. The van der Waals surface area contributed by atoms with E-state index in [1.807, 2.05) is 55.7 Å². The fourth-order valence-corrected chi connectivity index (χ4v) is 3.83. The lowest BCUT2D eigenvalue weighted by Gasteiger charge is -2.26. The van der Waals surface area contributed by atoms with Crippen molar-refractivity contribution < 1.29 is 23.5 Å². The number of amides is 4. The summed E-state index contributed by atoms with van der Waals surface area (Å²) >= 11 is 0. The molecule has 1 aliphatic heterocycles. The van der Waals surface area contributed by atoms with E-state index in [0.717, 1.165) is 39.9 Å². The number of urea groups is 1. The number of halogens is 1. The zero-order valence-electron chi connectivity index (χ0n) is 18.4. The van der Waals surface area contributed by atoms with Gasteiger partial charge in [0.2, 0.25) is 0 Å². The van der Waals surface area contributed by atoms with Gasteiger partial charge >= 0.3 is 6.03 Å². The van der Waals surface area contributed by atoms with Crippen LogP contribution in [0.25, 0.3) is 11.8 Å². The Morgan fingerprint density at radius 2 is 1.61 bits per heavy atom. The van der Waals surface area contributed by atoms with Gasteiger partial charge in [-0.25, -0.2) is 14.1 Å². The molecule has 0 aliphatic carbocycles. The topological polar surface area (TPSA) is 80.6 Å². The molecule has 8 heteroatoms. The van der Waals surface area contributed by atoms with Crippen LogP contribution in [0.3, 0.4) is 0 Å². The summed E-state index contributed by atoms with van der Waals surface area (Å²) < 4.78 is 20.8. The first-order valence-corrected chi connectivity index (χ1v) is 10.4. The Labute approximate surface area is 190 Å². The third kappa shape index (κ3) is 4.15. The van der Waals surface area contributed by atoms with Crippen LogP contribution in [0.15, 0.2) is 60.2 Å². The van der Waals surface area contributed by atoms with Crippen LogP contribution in [0.5, 0.6) is 5.75 Å². The van der Waals surface area contributed by atoms with E-state index in [-0.39, 0.29) is 11.3 Å². The molecule has 0 atom stereocenters. The number of hydrogen-bond acceptors (Lipinski definition) is 4. The highest BCUT2D eigenvalue weighted by Crippen LogP contribution is 2.27. The van der Waals surface area contributed by atoms with E-state index in [9.17, 15) is 18.8 Å². The quantitative estimate of drug-likeness (QED) is 0.467. The highest BCUT2D eigenvalue weighted by molar-refractivity contribution is 6.39. The summed E-state index contributed by atoms with van der Waals surface area (Å²) in [6.07, 6.45) is 1.47. The summed E-state index contributed by atoms with van der Waals surface area (Å²) in [6, 6.07) is 13.5. The maximum atomic E-state index is 13.3. The van der Waals surface area contributed by atoms with Gasteiger partial charge < -0.3 is 9.30 Å². The van der Waals surface area contributed by atoms with Gasteiger partial charge in [0.1, 0.15) is 17.1 Å². The minimum atomic E-state index is -0.881. The van der Waals surface area contributed by atoms with Gasteiger partial charge in [-0.15, -0.1) is 0 Å². The van der Waals surface area contributed by atoms with E-state index in [2.05, 4.69) is 5.32 Å². The van der Waals surface area contributed by atoms with E-state index < -0.39 is 23.7 Å². The molecule has 33 heavy (non-hydrogen) atoms. The monoisotopic (exact) mass is 447 g/mol. The summed E-state index contributed by atoms with van der Waals surface area (Å²) in [5.74, 6) is -1.30. The molecule has 1 saturated heterocycles. The highest BCUT2D eigenvalue weighted by atomic mass is 19.1. The Morgan fingerprint density at radius 1 is 0.970 bits per heavy atom. The largest absolute Gasteiger partial charge is 0.494 e. The zero-order valence-corrected chi connectivity index (χ0v) is 18.4. The van der Waals surface area contributed by atoms with Gasteiger partial charge in [0.25, 0.3) is 11.8 Å². The van der Waals surface area contributed by atoms with Crippen molar-refractivity contribution >= 4 is 29.6 Å². The maximum absolute atomic E-state index is 13.3. The number of rotatable bonds is 5. The zero-order chi connectivity index (χ0) is 23.7. The minimum Gasteiger partial charge on any atom is -0.494 e. The van der Waals surface area contributed by atoms with Gasteiger partial charge in [-0.05, 0) is 87.0 Å². The van der Waals surface area contributed by atoms with Gasteiger partial charge in [-0.1, -0.05) is 0 Å². The second-order valence-electron chi connectivity index (χ2n) is 7.52. The van der Waals surface area contributed by atoms with Crippen LogP contribution in [0.4, 0.5) is 14.9 Å². The van der Waals surface area contributed by atoms with Crippen LogP contribution >= 0.6 is 0 Å². The van der Waals surface area contributed by atoms with Gasteiger partial charge in [0.05, 0.1) is 12.3 Å². The summed E-state index contributed by atoms with van der Waals surface area (Å²) in [4.78, 5) is 38.7. The van der Waals surface area contributed by atoms with Crippen molar-refractivity contribution in [3.05, 3.63) is 82.9 Å². The highest BCUT2D eigenvalue weighted by Gasteiger charge is 2.37. The van der Waals surface area contributed by atoms with E-state index in [1.54, 1.807) is 0 Å². The molecular weight excluding hydrogens is 425 g/mol. The molecule has 4 amide bonds. The number of imide groups is 2. The Balaban J connectivity index is 1.71. The van der Waals surface area contributed by atoms with Crippen molar-refractivity contribution in [2.24, 2.45) is 0 Å². The molecule has 0 bridgehead atoms. The second-order valence-corrected chi connectivity index (χ2v) is 7.52. The number of hydrogen-bond donors (Lipinski definition) is 1. The fraction of sp³-hybridized carbons (Fsp3) is 0.160. The summed E-state index contributed by atoms with van der Waals surface area (Å²) in [5.41, 5.74) is 3.26. The van der Waals surface area contributed by atoms with Crippen molar-refractivity contribution in [3.63, 3.8) is 0 Å². The number of nitrogens with one attached hydrogen (secondary N) is 1. The number of barbiturate groups is 1. The van der Waals surface area contributed by atoms with E-state index >= 15 is 0 Å². The number of aromatic nitrogens is 1. The number of nitrogens with zero attached hydrogens (tertiary/aromatic N) is 2. The summed E-state index contributed by atoms with van der Waals surface area (Å²) in [5, 5.41) is 2.18. The molecule has 7 nitrogen and oxygen atoms in total. The number of carbonyl (C=O) groups excluding carboxylic acids is 3. The third-order valence-corrected chi connectivity index (χ3v) is 5.36. The Kier molecular flexibility index (Phi) is 5.83. The van der Waals surface area contributed by atoms with Crippen LogP contribution in [-0.4, -0.2) is 29.0 Å². The average Bonchev–Trinajstić information content (AvgIpc) is 3.06. The first-order chi connectivity index (χ1) is 15.8. The first kappa shape index (κ1) is 22.0. The van der Waals surface area contributed by atoms with E-state index in [1.165, 1.54) is 18.2 Å². The maximum Gasteiger partial charge on any atom is 0.335 e. The molecule has 0 radical (unpaired) electrons. The van der Waals surface area contributed by atoms with Crippen molar-refractivity contribution in [3.8, 4) is 11.4 Å². The predicted octanol–water partition coefficient (Wildman–Crippen LogP) is 4.30. The van der Waals surface area contributed by atoms with Crippen LogP contribution in [0, 0.1) is 19.7 Å². The Hall–Kier alpha value is -4.20. The number of aryl methyl sites for hydroxylation is 1. The molecule has 2 aromatic carbocycles. The molecule has 0 unspecified atom stereocenters. The number of carbonyl (C=O) groups is 3. The molecule has 168 valence electrons. The van der Waals surface area contributed by atoms with Crippen molar-refractivity contribution in [1.82, 2.24) is 9.88 Å². The van der Waals surface area contributed by atoms with Crippen molar-refractivity contribution in [1.29, 1.82) is 0 Å². The van der Waals surface area contributed by atoms with E-state index in [4.69, 9.17) is 4.74 Å². The lowest BCUT2D eigenvalue weighted by molar-refractivity contribution is -0.122. The van der Waals surface area contributed by atoms with E-state index in [0.29, 0.717) is 12.2 Å². The van der Waals surface area contributed by atoms with Crippen LogP contribution in [0.2, 0.25) is 0 Å². The third-order valence-electron chi connectivity index (χ3n) is 5.36. The smallest absolute Gasteiger partial charge is 0.335 e. The first-order valence-electron chi connectivity index (χ1n) is 10.4. The Morgan fingerprint density at radius 3 is 2.24 bits per heavy atom. The molecule has 4 rings (SSSR count). The SMILES string of the molecule is CCOc1ccc(-n2c(C)cc(/C=C3\C(=O)NC(=O)N(c4ccc(F)cc4)C3=O)c2C)cc1. The van der Waals surface area contributed by atoms with Gasteiger partial charge in [0, 0.05) is 17.1 Å². The Bertz CT molecular complexity index is 1270. The number of ether oxygens (including phenoxy) is 1.